The Labute approximate surface area is 98.8 Å². The Kier molecular flexibility index (Phi) is 3.48. The molecule has 88 valence electrons. The number of pyridine rings is 1. The predicted molar refractivity (Wildman–Crippen MR) is 62.7 cm³/mol. The van der Waals surface area contributed by atoms with Crippen LogP contribution in [0.4, 0.5) is 11.5 Å². The Morgan fingerprint density at radius 3 is 3.19 bits per heavy atom. The molecule has 2 rings (SSSR count). The summed E-state index contributed by atoms with van der Waals surface area (Å²) in [4.78, 5) is 6.15. The van der Waals surface area contributed by atoms with E-state index in [4.69, 9.17) is 22.1 Å². The van der Waals surface area contributed by atoms with Crippen LogP contribution in [-0.2, 0) is 4.74 Å². The fourth-order valence-corrected chi connectivity index (χ4v) is 2.03. The first-order valence-electron chi connectivity index (χ1n) is 5.08. The van der Waals surface area contributed by atoms with Crippen molar-refractivity contribution in [2.75, 3.05) is 37.0 Å². The van der Waals surface area contributed by atoms with Gasteiger partial charge in [-0.05, 0) is 6.07 Å². The SMILES string of the molecule is Nc1cnc(N2CCOCC2CO)c(Cl)c1. The van der Waals surface area contributed by atoms with Crippen LogP contribution in [0.15, 0.2) is 12.3 Å². The number of rotatable bonds is 2. The quantitative estimate of drug-likeness (QED) is 0.792. The molecule has 0 radical (unpaired) electrons. The lowest BCUT2D eigenvalue weighted by atomic mass is 10.2. The van der Waals surface area contributed by atoms with Crippen molar-refractivity contribution < 1.29 is 9.84 Å². The van der Waals surface area contributed by atoms with Gasteiger partial charge in [0.2, 0.25) is 0 Å². The van der Waals surface area contributed by atoms with Gasteiger partial charge in [0.25, 0.3) is 0 Å². The fourth-order valence-electron chi connectivity index (χ4n) is 1.74. The van der Waals surface area contributed by atoms with Crippen molar-refractivity contribution in [1.82, 2.24) is 4.98 Å². The molecule has 2 heterocycles. The predicted octanol–water partition coefficient (Wildman–Crippen LogP) is 0.515. The van der Waals surface area contributed by atoms with Gasteiger partial charge in [-0.15, -0.1) is 0 Å². The van der Waals surface area contributed by atoms with Gasteiger partial charge in [0, 0.05) is 6.54 Å². The molecule has 0 aromatic carbocycles. The van der Waals surface area contributed by atoms with Crippen LogP contribution >= 0.6 is 11.6 Å². The first kappa shape index (κ1) is 11.4. The van der Waals surface area contributed by atoms with Crippen LogP contribution < -0.4 is 10.6 Å². The van der Waals surface area contributed by atoms with Crippen molar-refractivity contribution in [2.24, 2.45) is 0 Å². The molecular weight excluding hydrogens is 230 g/mol. The van der Waals surface area contributed by atoms with Crippen LogP contribution in [0.25, 0.3) is 0 Å². The van der Waals surface area contributed by atoms with Crippen molar-refractivity contribution in [3.8, 4) is 0 Å². The number of hydrogen-bond acceptors (Lipinski definition) is 5. The van der Waals surface area contributed by atoms with E-state index in [-0.39, 0.29) is 12.6 Å². The molecule has 1 atom stereocenters. The fraction of sp³-hybridized carbons (Fsp3) is 0.500. The molecule has 1 saturated heterocycles. The highest BCUT2D eigenvalue weighted by atomic mass is 35.5. The molecule has 1 aromatic heterocycles. The highest BCUT2D eigenvalue weighted by Gasteiger charge is 2.25. The zero-order chi connectivity index (χ0) is 11.5. The monoisotopic (exact) mass is 243 g/mol. The average molecular weight is 244 g/mol. The number of morpholine rings is 1. The third kappa shape index (κ3) is 2.21. The maximum absolute atomic E-state index is 9.25. The molecule has 0 saturated carbocycles. The number of ether oxygens (including phenoxy) is 1. The van der Waals surface area contributed by atoms with E-state index in [1.165, 1.54) is 0 Å². The first-order chi connectivity index (χ1) is 7.72. The van der Waals surface area contributed by atoms with E-state index in [0.717, 1.165) is 0 Å². The summed E-state index contributed by atoms with van der Waals surface area (Å²) in [5.41, 5.74) is 6.11. The van der Waals surface area contributed by atoms with Crippen molar-refractivity contribution in [1.29, 1.82) is 0 Å². The Morgan fingerprint density at radius 1 is 1.69 bits per heavy atom. The molecular formula is C10H14ClN3O2. The maximum atomic E-state index is 9.25. The minimum atomic E-state index is -0.0950. The van der Waals surface area contributed by atoms with Crippen LogP contribution in [0, 0.1) is 0 Å². The van der Waals surface area contributed by atoms with Crippen molar-refractivity contribution in [3.05, 3.63) is 17.3 Å². The Hall–Kier alpha value is -1.04. The third-order valence-electron chi connectivity index (χ3n) is 2.55. The number of halogens is 1. The van der Waals surface area contributed by atoms with E-state index in [1.807, 2.05) is 4.90 Å². The van der Waals surface area contributed by atoms with E-state index < -0.39 is 0 Å². The first-order valence-corrected chi connectivity index (χ1v) is 5.46. The Balaban J connectivity index is 2.27. The summed E-state index contributed by atoms with van der Waals surface area (Å²) in [5.74, 6) is 0.651. The van der Waals surface area contributed by atoms with E-state index in [1.54, 1.807) is 12.3 Å². The van der Waals surface area contributed by atoms with Gasteiger partial charge in [-0.2, -0.15) is 0 Å². The highest BCUT2D eigenvalue weighted by Crippen LogP contribution is 2.27. The van der Waals surface area contributed by atoms with Crippen LogP contribution in [0.1, 0.15) is 0 Å². The van der Waals surface area contributed by atoms with Gasteiger partial charge in [0.05, 0.1) is 42.8 Å². The largest absolute Gasteiger partial charge is 0.397 e. The zero-order valence-electron chi connectivity index (χ0n) is 8.77. The number of nitrogens with zero attached hydrogens (tertiary/aromatic N) is 2. The second-order valence-corrected chi connectivity index (χ2v) is 4.09. The van der Waals surface area contributed by atoms with Gasteiger partial charge in [-0.3, -0.25) is 0 Å². The van der Waals surface area contributed by atoms with Crippen LogP contribution in [0.2, 0.25) is 5.02 Å². The smallest absolute Gasteiger partial charge is 0.147 e. The topological polar surface area (TPSA) is 71.6 Å². The summed E-state index contributed by atoms with van der Waals surface area (Å²) >= 11 is 6.08. The van der Waals surface area contributed by atoms with Crippen molar-refractivity contribution in [2.45, 2.75) is 6.04 Å². The minimum absolute atomic E-state index is 0.0163. The lowest BCUT2D eigenvalue weighted by molar-refractivity contribution is 0.0723. The van der Waals surface area contributed by atoms with E-state index in [0.29, 0.717) is 36.3 Å². The normalized spacial score (nSPS) is 21.1. The molecule has 3 N–H and O–H groups in total. The molecule has 0 bridgehead atoms. The van der Waals surface area contributed by atoms with E-state index >= 15 is 0 Å². The van der Waals surface area contributed by atoms with Gasteiger partial charge in [0.1, 0.15) is 5.82 Å². The summed E-state index contributed by atoms with van der Waals surface area (Å²) in [6, 6.07) is 1.57. The van der Waals surface area contributed by atoms with Gasteiger partial charge in [-0.1, -0.05) is 11.6 Å². The molecule has 1 fully saturated rings. The highest BCUT2D eigenvalue weighted by molar-refractivity contribution is 6.33. The standard InChI is InChI=1S/C10H14ClN3O2/c11-9-3-7(12)4-13-10(9)14-1-2-16-6-8(14)5-15/h3-4,8,15H,1-2,5-6,12H2. The van der Waals surface area contributed by atoms with Crippen molar-refractivity contribution >= 4 is 23.1 Å². The van der Waals surface area contributed by atoms with Crippen LogP contribution in [0.3, 0.4) is 0 Å². The lowest BCUT2D eigenvalue weighted by Gasteiger charge is -2.35. The number of anilines is 2. The molecule has 0 spiro atoms. The van der Waals surface area contributed by atoms with E-state index in [2.05, 4.69) is 4.98 Å². The van der Waals surface area contributed by atoms with E-state index in [9.17, 15) is 5.11 Å². The summed E-state index contributed by atoms with van der Waals surface area (Å²) < 4.78 is 5.29. The molecule has 1 aromatic rings. The summed E-state index contributed by atoms with van der Waals surface area (Å²) in [6.45, 7) is 1.78. The van der Waals surface area contributed by atoms with Gasteiger partial charge in [0.15, 0.2) is 0 Å². The summed E-state index contributed by atoms with van der Waals surface area (Å²) in [7, 11) is 0. The molecule has 1 unspecified atom stereocenters. The van der Waals surface area contributed by atoms with Crippen LogP contribution in [0.5, 0.6) is 0 Å². The second kappa shape index (κ2) is 4.86. The van der Waals surface area contributed by atoms with Gasteiger partial charge < -0.3 is 20.5 Å². The second-order valence-electron chi connectivity index (χ2n) is 3.68. The van der Waals surface area contributed by atoms with Crippen LogP contribution in [-0.4, -0.2) is 42.5 Å². The average Bonchev–Trinajstić information content (AvgIpc) is 2.29. The van der Waals surface area contributed by atoms with Gasteiger partial charge in [-0.25, -0.2) is 4.98 Å². The lowest BCUT2D eigenvalue weighted by Crippen LogP contribution is -2.48. The molecule has 16 heavy (non-hydrogen) atoms. The number of hydrogen-bond donors (Lipinski definition) is 2. The number of aliphatic hydroxyl groups excluding tert-OH is 1. The summed E-state index contributed by atoms with van der Waals surface area (Å²) in [6.07, 6.45) is 1.56. The number of nitrogen functional groups attached to an aromatic ring is 1. The Morgan fingerprint density at radius 2 is 2.50 bits per heavy atom. The number of aromatic nitrogens is 1. The third-order valence-corrected chi connectivity index (χ3v) is 2.83. The molecule has 6 heteroatoms. The molecule has 5 nitrogen and oxygen atoms in total. The molecule has 0 aliphatic carbocycles. The minimum Gasteiger partial charge on any atom is -0.397 e. The Bertz CT molecular complexity index is 375. The molecule has 1 aliphatic rings. The zero-order valence-corrected chi connectivity index (χ0v) is 9.52. The molecule has 0 amide bonds. The molecule has 1 aliphatic heterocycles. The van der Waals surface area contributed by atoms with Gasteiger partial charge >= 0.3 is 0 Å². The summed E-state index contributed by atoms with van der Waals surface area (Å²) in [5, 5.41) is 9.75. The number of aliphatic hydroxyl groups is 1. The number of nitrogens with two attached hydrogens (primary N) is 1. The van der Waals surface area contributed by atoms with Crippen molar-refractivity contribution in [3.63, 3.8) is 0 Å². The maximum Gasteiger partial charge on any atom is 0.147 e.